The molecule has 2 aliphatic rings. The van der Waals surface area contributed by atoms with E-state index in [-0.39, 0.29) is 40.1 Å². The normalized spacial score (nSPS) is 19.6. The van der Waals surface area contributed by atoms with Crippen LogP contribution >= 0.6 is 0 Å². The molecule has 1 aromatic heterocycles. The van der Waals surface area contributed by atoms with Gasteiger partial charge < -0.3 is 5.32 Å². The zero-order valence-corrected chi connectivity index (χ0v) is 22.2. The zero-order chi connectivity index (χ0) is 29.3. The molecule has 5 rings (SSSR count). The topological polar surface area (TPSA) is 128 Å². The van der Waals surface area contributed by atoms with Crippen molar-refractivity contribution in [2.75, 3.05) is 11.9 Å². The second kappa shape index (κ2) is 11.5. The van der Waals surface area contributed by atoms with Gasteiger partial charge in [-0.05, 0) is 66.6 Å². The van der Waals surface area contributed by atoms with Crippen LogP contribution in [-0.4, -0.2) is 47.5 Å². The number of carbonyl (C=O) groups excluding carboxylic acids is 1. The number of benzene rings is 2. The molecule has 2 fully saturated rings. The summed E-state index contributed by atoms with van der Waals surface area (Å²) in [5.74, 6) is -5.39. The van der Waals surface area contributed by atoms with Gasteiger partial charge in [-0.15, -0.1) is 0 Å². The van der Waals surface area contributed by atoms with Gasteiger partial charge in [-0.3, -0.25) is 9.78 Å². The van der Waals surface area contributed by atoms with Crippen LogP contribution in [0.5, 0.6) is 0 Å². The number of azide groups is 1. The van der Waals surface area contributed by atoms with Crippen LogP contribution in [0.3, 0.4) is 0 Å². The Kier molecular flexibility index (Phi) is 7.98. The number of nitrogens with one attached hydrogen (secondary N) is 1. The van der Waals surface area contributed by atoms with Gasteiger partial charge in [-0.2, -0.15) is 4.31 Å². The number of nitrogens with zero attached hydrogens (tertiary/aromatic N) is 5. The average molecular weight is 589 g/mol. The highest BCUT2D eigenvalue weighted by molar-refractivity contribution is 7.90. The van der Waals surface area contributed by atoms with Crippen LogP contribution in [0.15, 0.2) is 60.0 Å². The van der Waals surface area contributed by atoms with E-state index in [4.69, 9.17) is 0 Å². The number of amides is 1. The van der Waals surface area contributed by atoms with Crippen LogP contribution in [-0.2, 0) is 21.2 Å². The van der Waals surface area contributed by atoms with Gasteiger partial charge in [0, 0.05) is 35.0 Å². The van der Waals surface area contributed by atoms with Gasteiger partial charge >= 0.3 is 0 Å². The molecule has 0 spiro atoms. The Hall–Kier alpha value is -4.00. The van der Waals surface area contributed by atoms with Crippen LogP contribution in [0.4, 0.5) is 23.2 Å². The van der Waals surface area contributed by atoms with Gasteiger partial charge in [0.15, 0.2) is 0 Å². The fourth-order valence-electron chi connectivity index (χ4n) is 4.91. The Balaban J connectivity index is 1.41. The van der Waals surface area contributed by atoms with Crippen molar-refractivity contribution in [1.82, 2.24) is 9.29 Å². The lowest BCUT2D eigenvalue weighted by molar-refractivity contribution is -0.117. The van der Waals surface area contributed by atoms with E-state index < -0.39 is 51.2 Å². The largest absolute Gasteiger partial charge is 0.324 e. The molecule has 214 valence electrons. The van der Waals surface area contributed by atoms with Gasteiger partial charge in [0.2, 0.25) is 15.9 Å². The third-order valence-electron chi connectivity index (χ3n) is 7.16. The predicted octanol–water partition coefficient (Wildman–Crippen LogP) is 5.20. The van der Waals surface area contributed by atoms with Gasteiger partial charge in [-0.25, -0.2) is 26.0 Å². The lowest BCUT2D eigenvalue weighted by Gasteiger charge is -2.25. The summed E-state index contributed by atoms with van der Waals surface area (Å²) < 4.78 is 83.1. The van der Waals surface area contributed by atoms with Crippen molar-refractivity contribution in [3.05, 3.63) is 105 Å². The molecule has 0 bridgehead atoms. The molecule has 1 saturated heterocycles. The summed E-state index contributed by atoms with van der Waals surface area (Å²) in [7, 11) is -3.34. The summed E-state index contributed by atoms with van der Waals surface area (Å²) in [6, 6.07) is 5.42. The molecule has 1 saturated carbocycles. The van der Waals surface area contributed by atoms with Crippen molar-refractivity contribution < 1.29 is 30.8 Å². The molecule has 1 aliphatic heterocycles. The van der Waals surface area contributed by atoms with Crippen LogP contribution in [0.1, 0.15) is 41.9 Å². The number of rotatable bonds is 11. The molecule has 3 aromatic rings. The number of carbonyl (C=O) groups is 1. The number of anilines is 1. The lowest BCUT2D eigenvalue weighted by atomic mass is 9.84. The molecule has 1 aliphatic carbocycles. The minimum Gasteiger partial charge on any atom is -0.324 e. The minimum absolute atomic E-state index is 0.0336. The van der Waals surface area contributed by atoms with Crippen molar-refractivity contribution in [2.45, 2.75) is 48.9 Å². The molecule has 4 atom stereocenters. The van der Waals surface area contributed by atoms with Crippen molar-refractivity contribution in [3.8, 4) is 0 Å². The lowest BCUT2D eigenvalue weighted by Crippen LogP contribution is -2.33. The van der Waals surface area contributed by atoms with E-state index in [9.17, 15) is 36.3 Å². The summed E-state index contributed by atoms with van der Waals surface area (Å²) in [6.07, 6.45) is 3.80. The molecule has 41 heavy (non-hydrogen) atoms. The maximum absolute atomic E-state index is 14.9. The fourth-order valence-corrected chi connectivity index (χ4v) is 6.93. The Labute approximate surface area is 232 Å². The second-order valence-corrected chi connectivity index (χ2v) is 12.2. The summed E-state index contributed by atoms with van der Waals surface area (Å²) in [4.78, 5) is 20.1. The first-order valence-corrected chi connectivity index (χ1v) is 14.3. The summed E-state index contributed by atoms with van der Waals surface area (Å²) in [5, 5.41) is 5.76. The third-order valence-corrected chi connectivity index (χ3v) is 9.58. The van der Waals surface area contributed by atoms with Crippen LogP contribution in [0, 0.1) is 23.3 Å². The van der Waals surface area contributed by atoms with Gasteiger partial charge in [-0.1, -0.05) is 17.2 Å². The van der Waals surface area contributed by atoms with Crippen LogP contribution in [0.25, 0.3) is 10.4 Å². The molecule has 1 unspecified atom stereocenters. The Morgan fingerprint density at radius 2 is 1.73 bits per heavy atom. The quantitative estimate of drug-likeness (QED) is 0.109. The monoisotopic (exact) mass is 588 g/mol. The molecular formula is C27H24F4N6O3S. The van der Waals surface area contributed by atoms with E-state index in [1.807, 2.05) is 0 Å². The molecule has 0 radical (unpaired) electrons. The summed E-state index contributed by atoms with van der Waals surface area (Å²) in [5.41, 5.74) is 9.49. The van der Waals surface area contributed by atoms with E-state index in [0.717, 1.165) is 30.5 Å². The van der Waals surface area contributed by atoms with E-state index in [2.05, 4.69) is 20.3 Å². The standard InChI is InChI=1S/C27H24F4N6O3S/c28-17-3-1-15(2-4-17)25(16-9-18(29)11-19(30)10-16)26(35-36-32)27(38)34-24-13-33-12-23(31)22(24)8-5-20-14-37(20)41(39,40)21-6-7-21/h1-4,9-13,20-21,25-26H,5-8,14H2,(H,34,38)/t20-,25-,26-,37?/m0/s1. The number of pyridine rings is 1. The molecule has 1 amide bonds. The first-order chi connectivity index (χ1) is 19.6. The highest BCUT2D eigenvalue weighted by atomic mass is 32.2. The number of aromatic nitrogens is 1. The third kappa shape index (κ3) is 6.34. The van der Waals surface area contributed by atoms with Gasteiger partial charge in [0.1, 0.15) is 29.3 Å². The van der Waals surface area contributed by atoms with Crippen LogP contribution < -0.4 is 5.32 Å². The SMILES string of the molecule is [N-]=[N+]=N[C@H](C(=O)Nc1cncc(F)c1CC[C@H]1CN1S(=O)(=O)C1CC1)[C@@H](c1ccc(F)cc1)c1cc(F)cc(F)c1. The predicted molar refractivity (Wildman–Crippen MR) is 141 cm³/mol. The fraction of sp³-hybridized carbons (Fsp3) is 0.333. The highest BCUT2D eigenvalue weighted by Gasteiger charge is 2.50. The zero-order valence-electron chi connectivity index (χ0n) is 21.4. The number of sulfonamides is 1. The van der Waals surface area contributed by atoms with Crippen LogP contribution in [0.2, 0.25) is 0 Å². The smallest absolute Gasteiger partial charge is 0.234 e. The van der Waals surface area contributed by atoms with Crippen molar-refractivity contribution in [3.63, 3.8) is 0 Å². The summed E-state index contributed by atoms with van der Waals surface area (Å²) in [6.45, 7) is 0.343. The van der Waals surface area contributed by atoms with E-state index in [1.165, 1.54) is 22.6 Å². The van der Waals surface area contributed by atoms with E-state index >= 15 is 0 Å². The molecular weight excluding hydrogens is 564 g/mol. The number of hydrogen-bond acceptors (Lipinski definition) is 5. The molecule has 9 nitrogen and oxygen atoms in total. The molecule has 2 heterocycles. The Morgan fingerprint density at radius 3 is 2.37 bits per heavy atom. The Morgan fingerprint density at radius 1 is 1.05 bits per heavy atom. The highest BCUT2D eigenvalue weighted by Crippen LogP contribution is 2.38. The summed E-state index contributed by atoms with van der Waals surface area (Å²) >= 11 is 0. The maximum atomic E-state index is 14.9. The minimum atomic E-state index is -3.34. The molecule has 14 heteroatoms. The van der Waals surface area contributed by atoms with Crippen molar-refractivity contribution in [2.24, 2.45) is 5.11 Å². The Bertz CT molecular complexity index is 1610. The van der Waals surface area contributed by atoms with Crippen molar-refractivity contribution >= 4 is 21.6 Å². The van der Waals surface area contributed by atoms with Gasteiger partial charge in [0.25, 0.3) is 0 Å². The molecule has 1 N–H and O–H groups in total. The first kappa shape index (κ1) is 28.5. The number of hydrogen-bond donors (Lipinski definition) is 1. The van der Waals surface area contributed by atoms with Crippen molar-refractivity contribution in [1.29, 1.82) is 0 Å². The first-order valence-electron chi connectivity index (χ1n) is 12.8. The second-order valence-electron chi connectivity index (χ2n) is 10.0. The maximum Gasteiger partial charge on any atom is 0.234 e. The van der Waals surface area contributed by atoms with E-state index in [1.54, 1.807) is 0 Å². The van der Waals surface area contributed by atoms with E-state index in [0.29, 0.717) is 31.9 Å². The average Bonchev–Trinajstić information content (AvgIpc) is 3.83. The van der Waals surface area contributed by atoms with Gasteiger partial charge in [0.05, 0.1) is 23.3 Å². The number of halogens is 4. The molecule has 2 aromatic carbocycles.